The van der Waals surface area contributed by atoms with Crippen LogP contribution in [0.3, 0.4) is 0 Å². The molecular formula is C106H134N8O33Si2. The maximum absolute atomic E-state index is 15.7. The molecule has 7 amide bonds. The lowest BCUT2D eigenvalue weighted by molar-refractivity contribution is -0.387. The minimum Gasteiger partial charge on any atom is -0.497 e. The number of benzene rings is 6. The Morgan fingerprint density at radius 2 is 0.953 bits per heavy atom. The third kappa shape index (κ3) is 31.9. The van der Waals surface area contributed by atoms with Crippen molar-refractivity contribution in [2.45, 2.75) is 205 Å². The number of carboxylic acids is 1. The predicted octanol–water partition coefficient (Wildman–Crippen LogP) is 18.9. The number of hydrogen-bond donors (Lipinski definition) is 6. The van der Waals surface area contributed by atoms with Crippen LogP contribution in [0.25, 0.3) is 11.1 Å². The summed E-state index contributed by atoms with van der Waals surface area (Å²) >= 11 is 0. The maximum Gasteiger partial charge on any atom is 0.509 e. The van der Waals surface area contributed by atoms with Crippen LogP contribution in [0, 0.1) is 16.0 Å². The van der Waals surface area contributed by atoms with Crippen LogP contribution in [-0.2, 0) is 83.8 Å². The van der Waals surface area contributed by atoms with E-state index in [4.69, 9.17) is 89.4 Å². The zero-order valence-corrected chi connectivity index (χ0v) is 88.9. The number of anilines is 3. The van der Waals surface area contributed by atoms with E-state index in [9.17, 15) is 58.4 Å². The Bertz CT molecular complexity index is 5860. The molecule has 0 radical (unpaired) electrons. The Kier molecular flexibility index (Phi) is 42.5. The zero-order chi connectivity index (χ0) is 109. The topological polar surface area (TPSA) is 493 Å². The second-order valence-electron chi connectivity index (χ2n) is 38.1. The quantitative estimate of drug-likeness (QED) is 0.00393. The van der Waals surface area contributed by atoms with Crippen LogP contribution in [-0.4, -0.2) is 238 Å². The smallest absolute Gasteiger partial charge is 0.497 e. The van der Waals surface area contributed by atoms with Gasteiger partial charge in [0.25, 0.3) is 11.8 Å². The lowest BCUT2D eigenvalue weighted by atomic mass is 9.83. The van der Waals surface area contributed by atoms with Crippen LogP contribution >= 0.6 is 0 Å². The lowest BCUT2D eigenvalue weighted by Gasteiger charge is -2.48. The molecule has 43 heteroatoms. The minimum atomic E-state index is -2.91. The number of carboxylic acid groups (broad SMARTS) is 1. The highest BCUT2D eigenvalue weighted by atomic mass is 28.4. The van der Waals surface area contributed by atoms with E-state index in [0.717, 1.165) is 58.7 Å². The Balaban J connectivity index is 0.989. The molecule has 0 aliphatic carbocycles. The normalized spacial score (nSPS) is 17.3. The SMILES string of the molecule is C=CCOC(=O)NC(C(=O)NC(C)C(=O)Nc1ccc(COC(=O)Nc2cc(OCCCCCOc3cc(NC(=O)OCc4ccc(O[C@H]5O[C@](CC=C)(C(=O)O)[C@@H](OC(=O)OCC=C)[C@H](OC(=O)OCC=C)[C@H]5OC(=O)OCC=C)c([N+](=O)[O-])c4)c(C(=O)N4C=C(c5ccc(OC)cc5)CC4CO[Si](C)(C)C(C)(C)C)cc3OC)c(OC)cc2C(=O)N2C=C(c3ccc(OC)cc3)CC2CO[Si](C)(C)C(C)(C)C)cc1)C(C)C. The third-order valence-corrected chi connectivity index (χ3v) is 34.3. The second-order valence-corrected chi connectivity index (χ2v) is 47.7. The molecule has 3 aliphatic heterocycles. The number of unbranched alkanes of at least 4 members (excludes halogenated alkanes) is 2. The fourth-order valence-corrected chi connectivity index (χ4v) is 17.1. The van der Waals surface area contributed by atoms with Crippen LogP contribution in [0.1, 0.15) is 144 Å². The fourth-order valence-electron chi connectivity index (χ4n) is 15.0. The lowest BCUT2D eigenvalue weighted by Crippen LogP contribution is -2.70. The molecule has 41 nitrogen and oxygen atoms in total. The van der Waals surface area contributed by atoms with Gasteiger partial charge in [0.1, 0.15) is 63.2 Å². The largest absolute Gasteiger partial charge is 0.509 e. The highest BCUT2D eigenvalue weighted by Crippen LogP contribution is 2.47. The zero-order valence-electron chi connectivity index (χ0n) is 86.9. The summed E-state index contributed by atoms with van der Waals surface area (Å²) in [6, 6.07) is 26.8. The Hall–Kier alpha value is -15.2. The first-order valence-corrected chi connectivity index (χ1v) is 53.8. The summed E-state index contributed by atoms with van der Waals surface area (Å²) in [5.74, 6) is -3.74. The van der Waals surface area contributed by atoms with Crippen LogP contribution in [0.5, 0.6) is 40.2 Å². The van der Waals surface area contributed by atoms with Crippen molar-refractivity contribution in [2.24, 2.45) is 5.92 Å². The highest BCUT2D eigenvalue weighted by Gasteiger charge is 2.65. The molecule has 0 saturated carbocycles. The van der Waals surface area contributed by atoms with Gasteiger partial charge in [0, 0.05) is 42.7 Å². The summed E-state index contributed by atoms with van der Waals surface area (Å²) < 4.78 is 110. The number of nitro benzene ring substituents is 1. The summed E-state index contributed by atoms with van der Waals surface area (Å²) in [5, 5.41) is 37.2. The van der Waals surface area contributed by atoms with Crippen LogP contribution in [0.15, 0.2) is 191 Å². The maximum atomic E-state index is 15.7. The van der Waals surface area contributed by atoms with Gasteiger partial charge < -0.3 is 120 Å². The molecule has 3 heterocycles. The average molecular weight is 2100 g/mol. The molecule has 0 bridgehead atoms. The number of ether oxygens (including phenoxy) is 17. The van der Waals surface area contributed by atoms with Crippen molar-refractivity contribution < 1.29 is 152 Å². The molecule has 0 aromatic heterocycles. The van der Waals surface area contributed by atoms with Gasteiger partial charge in [-0.1, -0.05) is 155 Å². The minimum absolute atomic E-state index is 0.000468. The monoisotopic (exact) mass is 2100 g/mol. The Morgan fingerprint density at radius 3 is 1.38 bits per heavy atom. The standard InChI is InChI=1S/C106H134N8O33Si2/c1-23-45-106(97(119)120)91(146-103(126)138-49-27-5)89(144-101(124)136-47-25-3)90(145-102(125)137-48-26-4)96(147-106)143-83-44-33-68(52-82(83)114(127)128)62-140-99(122)110-81-58-87(85(132-18)56-79(81)95(118)113-60-72(70-36-42-77(130-16)43-37-70)54-75(113)64-142-149(21,22)105(12,13)14)134-51-30-28-29-50-133-86-57-80(109-98(121)139-61-67-31-38-73(39-32-67)108-92(115)66(8)107-93(116)88(65(6)7)111-100(123)135-46-24-2)78(55-84(86)131-17)94(117)112-59-71(69-34-40-76(129-15)41-35-69)53-74(112)63-141-148(19,20)104(9,10)11/h23-27,31-44,52,55-60,65-66,74-75,88-91,96H,1-5,28-30,45-51,53-54,61-64H2,6-22H3,(H,107,116)(H,108,115)(H,109,121)(H,110,122)(H,111,123)(H,119,120)/t66?,74?,75?,88?,89-,90-,91+,96+,106+/m1/s1. The Labute approximate surface area is 867 Å². The average Bonchev–Trinajstić information content (AvgIpc) is 1.72. The first-order chi connectivity index (χ1) is 70.7. The van der Waals surface area contributed by atoms with Crippen molar-refractivity contribution in [1.82, 2.24) is 20.4 Å². The van der Waals surface area contributed by atoms with Crippen molar-refractivity contribution in [3.8, 4) is 40.2 Å². The summed E-state index contributed by atoms with van der Waals surface area (Å²) in [5.41, 5.74) is -0.111. The molecule has 149 heavy (non-hydrogen) atoms. The van der Waals surface area contributed by atoms with E-state index in [-0.39, 0.29) is 107 Å². The van der Waals surface area contributed by atoms with Gasteiger partial charge in [-0.3, -0.25) is 39.9 Å². The fraction of sp³-hybridized carbons (Fsp3) is 0.425. The molecule has 6 N–H and O–H groups in total. The van der Waals surface area contributed by atoms with Gasteiger partial charge in [-0.15, -0.1) is 6.58 Å². The van der Waals surface area contributed by atoms with Crippen molar-refractivity contribution in [3.05, 3.63) is 234 Å². The number of amides is 7. The molecular weight excluding hydrogens is 1970 g/mol. The summed E-state index contributed by atoms with van der Waals surface area (Å²) in [4.78, 5) is 168. The highest BCUT2D eigenvalue weighted by molar-refractivity contribution is 6.74. The molecule has 1 saturated heterocycles. The second kappa shape index (κ2) is 53.9. The van der Waals surface area contributed by atoms with E-state index >= 15 is 9.59 Å². The first kappa shape index (κ1) is 117. The van der Waals surface area contributed by atoms with Gasteiger partial charge in [0.05, 0.1) is 94.4 Å². The number of nitrogens with zero attached hydrogens (tertiary/aromatic N) is 3. The number of nitro groups is 1. The number of methoxy groups -OCH3 is 4. The summed E-state index contributed by atoms with van der Waals surface area (Å²) in [6.45, 7) is 41.3. The van der Waals surface area contributed by atoms with Crippen molar-refractivity contribution in [2.75, 3.05) is 97.2 Å². The summed E-state index contributed by atoms with van der Waals surface area (Å²) in [7, 11) is 0.973. The molecule has 804 valence electrons. The van der Waals surface area contributed by atoms with Gasteiger partial charge >= 0.3 is 48.4 Å². The van der Waals surface area contributed by atoms with Gasteiger partial charge in [-0.2, -0.15) is 0 Å². The van der Waals surface area contributed by atoms with E-state index in [2.05, 4.69) is 127 Å². The summed E-state index contributed by atoms with van der Waals surface area (Å²) in [6.07, 6.45) is -6.53. The van der Waals surface area contributed by atoms with Gasteiger partial charge in [0.2, 0.25) is 29.8 Å². The van der Waals surface area contributed by atoms with E-state index in [0.29, 0.717) is 54.9 Å². The number of carbonyl (C=O) groups is 11. The Morgan fingerprint density at radius 1 is 0.510 bits per heavy atom. The number of aliphatic carboxylic acids is 1. The number of nitrogens with one attached hydrogen (secondary N) is 5. The molecule has 6 aromatic rings. The number of hydrogen-bond acceptors (Lipinski definition) is 32. The predicted molar refractivity (Wildman–Crippen MR) is 555 cm³/mol. The molecule has 0 spiro atoms. The molecule has 4 unspecified atom stereocenters. The van der Waals surface area contributed by atoms with E-state index in [1.165, 1.54) is 62.5 Å². The molecule has 6 aromatic carbocycles. The van der Waals surface area contributed by atoms with Crippen LogP contribution < -0.4 is 59.7 Å². The molecule has 1 fully saturated rings. The van der Waals surface area contributed by atoms with E-state index in [1.54, 1.807) is 81.8 Å². The van der Waals surface area contributed by atoms with Crippen molar-refractivity contribution >= 4 is 117 Å². The van der Waals surface area contributed by atoms with Crippen LogP contribution in [0.4, 0.5) is 51.5 Å². The van der Waals surface area contributed by atoms with Gasteiger partial charge in [-0.25, -0.2) is 33.6 Å². The molecule has 9 rings (SSSR count). The van der Waals surface area contributed by atoms with Crippen molar-refractivity contribution in [1.29, 1.82) is 0 Å². The van der Waals surface area contributed by atoms with E-state index in [1.807, 2.05) is 36.4 Å². The van der Waals surface area contributed by atoms with Crippen LogP contribution in [0.2, 0.25) is 36.3 Å². The van der Waals surface area contributed by atoms with E-state index < -0.39 is 187 Å². The molecule has 9 atom stereocenters. The number of alkyl carbamates (subject to hydrolysis) is 1. The third-order valence-electron chi connectivity index (χ3n) is 25.3. The number of carbonyl (C=O) groups excluding carboxylic acids is 10. The van der Waals surface area contributed by atoms with Gasteiger partial charge in [0.15, 0.2) is 57.6 Å². The first-order valence-electron chi connectivity index (χ1n) is 47.9. The van der Waals surface area contributed by atoms with Gasteiger partial charge in [-0.05, 0) is 169 Å². The molecule has 3 aliphatic rings. The van der Waals surface area contributed by atoms with Crippen molar-refractivity contribution in [3.63, 3.8) is 0 Å². The number of rotatable bonds is 51.